The molecule has 0 saturated carbocycles. The molecule has 28 heavy (non-hydrogen) atoms. The fourth-order valence-electron chi connectivity index (χ4n) is 3.10. The Labute approximate surface area is 165 Å². The number of Topliss-reactive ketones (excluding diaryl/α,β-unsaturated/α-hetero) is 1. The lowest BCUT2D eigenvalue weighted by Gasteiger charge is -2.33. The molecule has 2 aromatic rings. The normalized spacial score (nSPS) is 15.9. The summed E-state index contributed by atoms with van der Waals surface area (Å²) in [7, 11) is -0.429. The van der Waals surface area contributed by atoms with Gasteiger partial charge in [-0.15, -0.1) is 0 Å². The van der Waals surface area contributed by atoms with E-state index in [1.165, 1.54) is 11.4 Å². The van der Waals surface area contributed by atoms with Crippen LogP contribution in [0.2, 0.25) is 0 Å². The van der Waals surface area contributed by atoms with Gasteiger partial charge in [0.05, 0.1) is 25.7 Å². The smallest absolute Gasteiger partial charge is 0.243 e. The Kier molecular flexibility index (Phi) is 6.33. The highest BCUT2D eigenvalue weighted by atomic mass is 32.2. The monoisotopic (exact) mass is 404 g/mol. The first kappa shape index (κ1) is 20.3. The number of methoxy groups -OCH3 is 2. The van der Waals surface area contributed by atoms with Crippen LogP contribution in [-0.4, -0.2) is 70.3 Å². The predicted octanol–water partition coefficient (Wildman–Crippen LogP) is 1.89. The SMILES string of the molecule is COc1ccc(C(=O)CN2CCN(S(=O)(=O)c3ccc(OC)cc3)CC2)cc1. The third kappa shape index (κ3) is 4.52. The number of hydrogen-bond acceptors (Lipinski definition) is 6. The summed E-state index contributed by atoms with van der Waals surface area (Å²) in [6, 6.07) is 13.4. The van der Waals surface area contributed by atoms with Gasteiger partial charge in [0.2, 0.25) is 10.0 Å². The molecule has 1 heterocycles. The fourth-order valence-corrected chi connectivity index (χ4v) is 4.52. The number of ether oxygens (including phenoxy) is 2. The van der Waals surface area contributed by atoms with E-state index >= 15 is 0 Å². The van der Waals surface area contributed by atoms with Crippen molar-refractivity contribution in [2.45, 2.75) is 4.90 Å². The van der Waals surface area contributed by atoms with Crippen LogP contribution in [0.5, 0.6) is 11.5 Å². The van der Waals surface area contributed by atoms with Gasteiger partial charge in [-0.25, -0.2) is 8.42 Å². The van der Waals surface area contributed by atoms with Crippen molar-refractivity contribution in [2.75, 3.05) is 46.9 Å². The number of hydrogen-bond donors (Lipinski definition) is 0. The van der Waals surface area contributed by atoms with E-state index in [4.69, 9.17) is 9.47 Å². The maximum Gasteiger partial charge on any atom is 0.243 e. The number of rotatable bonds is 7. The van der Waals surface area contributed by atoms with Gasteiger partial charge < -0.3 is 9.47 Å². The Bertz CT molecular complexity index is 903. The van der Waals surface area contributed by atoms with Gasteiger partial charge in [-0.2, -0.15) is 4.31 Å². The van der Waals surface area contributed by atoms with E-state index in [2.05, 4.69) is 0 Å². The molecule has 7 nitrogen and oxygen atoms in total. The van der Waals surface area contributed by atoms with Gasteiger partial charge in [-0.05, 0) is 48.5 Å². The molecule has 0 spiro atoms. The molecule has 0 N–H and O–H groups in total. The molecule has 0 aliphatic carbocycles. The number of ketones is 1. The van der Waals surface area contributed by atoms with Crippen LogP contribution in [0.15, 0.2) is 53.4 Å². The van der Waals surface area contributed by atoms with Crippen LogP contribution in [0.25, 0.3) is 0 Å². The third-order valence-electron chi connectivity index (χ3n) is 4.81. The second-order valence-corrected chi connectivity index (χ2v) is 8.45. The van der Waals surface area contributed by atoms with Crippen molar-refractivity contribution >= 4 is 15.8 Å². The van der Waals surface area contributed by atoms with Crippen molar-refractivity contribution in [3.63, 3.8) is 0 Å². The lowest BCUT2D eigenvalue weighted by atomic mass is 10.1. The first-order valence-electron chi connectivity index (χ1n) is 8.98. The zero-order chi connectivity index (χ0) is 20.1. The molecule has 0 radical (unpaired) electrons. The molecule has 0 aromatic heterocycles. The molecule has 1 saturated heterocycles. The minimum atomic E-state index is -3.55. The number of sulfonamides is 1. The zero-order valence-corrected chi connectivity index (χ0v) is 16.8. The van der Waals surface area contributed by atoms with Gasteiger partial charge in [0.15, 0.2) is 5.78 Å². The van der Waals surface area contributed by atoms with Crippen molar-refractivity contribution in [3.8, 4) is 11.5 Å². The van der Waals surface area contributed by atoms with Crippen molar-refractivity contribution in [2.24, 2.45) is 0 Å². The van der Waals surface area contributed by atoms with Crippen molar-refractivity contribution in [1.29, 1.82) is 0 Å². The topological polar surface area (TPSA) is 76.2 Å². The van der Waals surface area contributed by atoms with Crippen LogP contribution in [0.3, 0.4) is 0 Å². The lowest BCUT2D eigenvalue weighted by molar-refractivity contribution is 0.0901. The molecule has 1 fully saturated rings. The van der Waals surface area contributed by atoms with E-state index in [-0.39, 0.29) is 17.2 Å². The summed E-state index contributed by atoms with van der Waals surface area (Å²) in [6.45, 7) is 1.99. The summed E-state index contributed by atoms with van der Waals surface area (Å²) in [5, 5.41) is 0. The molecule has 1 aliphatic rings. The number of piperazine rings is 1. The maximum absolute atomic E-state index is 12.8. The summed E-state index contributed by atoms with van der Waals surface area (Å²) in [4.78, 5) is 14.7. The summed E-state index contributed by atoms with van der Waals surface area (Å²) < 4.78 is 37.2. The largest absolute Gasteiger partial charge is 0.497 e. The van der Waals surface area contributed by atoms with E-state index in [0.29, 0.717) is 43.2 Å². The Balaban J connectivity index is 1.57. The lowest BCUT2D eigenvalue weighted by Crippen LogP contribution is -2.49. The molecule has 0 amide bonds. The average Bonchev–Trinajstić information content (AvgIpc) is 2.74. The highest BCUT2D eigenvalue weighted by molar-refractivity contribution is 7.89. The van der Waals surface area contributed by atoms with Gasteiger partial charge in [0.1, 0.15) is 11.5 Å². The van der Waals surface area contributed by atoms with E-state index in [9.17, 15) is 13.2 Å². The van der Waals surface area contributed by atoms with Crippen LogP contribution in [0.4, 0.5) is 0 Å². The highest BCUT2D eigenvalue weighted by Gasteiger charge is 2.29. The van der Waals surface area contributed by atoms with Crippen LogP contribution >= 0.6 is 0 Å². The first-order chi connectivity index (χ1) is 13.4. The number of carbonyl (C=O) groups excluding carboxylic acids is 1. The van der Waals surface area contributed by atoms with Gasteiger partial charge in [0.25, 0.3) is 0 Å². The second-order valence-electron chi connectivity index (χ2n) is 6.51. The molecular weight excluding hydrogens is 380 g/mol. The molecule has 0 unspecified atom stereocenters. The highest BCUT2D eigenvalue weighted by Crippen LogP contribution is 2.21. The van der Waals surface area contributed by atoms with Gasteiger partial charge in [-0.1, -0.05) is 0 Å². The average molecular weight is 404 g/mol. The van der Waals surface area contributed by atoms with Crippen LogP contribution in [-0.2, 0) is 10.0 Å². The zero-order valence-electron chi connectivity index (χ0n) is 16.0. The van der Waals surface area contributed by atoms with Crippen LogP contribution in [0.1, 0.15) is 10.4 Å². The standard InChI is InChI=1S/C20H24N2O5S/c1-26-17-5-3-16(4-6-17)20(23)15-21-11-13-22(14-12-21)28(24,25)19-9-7-18(27-2)8-10-19/h3-10H,11-15H2,1-2H3. The molecule has 1 aliphatic heterocycles. The summed E-state index contributed by atoms with van der Waals surface area (Å²) >= 11 is 0. The second kappa shape index (κ2) is 8.72. The van der Waals surface area contributed by atoms with Crippen molar-refractivity contribution < 1.29 is 22.7 Å². The molecule has 150 valence electrons. The molecule has 0 atom stereocenters. The quantitative estimate of drug-likeness (QED) is 0.656. The minimum absolute atomic E-state index is 0.00844. The predicted molar refractivity (Wildman–Crippen MR) is 106 cm³/mol. The molecule has 8 heteroatoms. The van der Waals surface area contributed by atoms with Crippen LogP contribution in [0, 0.1) is 0 Å². The molecular formula is C20H24N2O5S. The Morgan fingerprint density at radius 3 is 1.86 bits per heavy atom. The summed E-state index contributed by atoms with van der Waals surface area (Å²) in [6.07, 6.45) is 0. The van der Waals surface area contributed by atoms with Gasteiger partial charge >= 0.3 is 0 Å². The van der Waals surface area contributed by atoms with E-state index in [1.54, 1.807) is 55.6 Å². The molecule has 2 aromatic carbocycles. The van der Waals surface area contributed by atoms with Crippen LogP contribution < -0.4 is 9.47 Å². The van der Waals surface area contributed by atoms with Gasteiger partial charge in [-0.3, -0.25) is 9.69 Å². The first-order valence-corrected chi connectivity index (χ1v) is 10.4. The summed E-state index contributed by atoms with van der Waals surface area (Å²) in [5.41, 5.74) is 0.620. The Morgan fingerprint density at radius 1 is 0.857 bits per heavy atom. The third-order valence-corrected chi connectivity index (χ3v) is 6.72. The fraction of sp³-hybridized carbons (Fsp3) is 0.350. The van der Waals surface area contributed by atoms with E-state index in [1.807, 2.05) is 4.90 Å². The number of nitrogens with zero attached hydrogens (tertiary/aromatic N) is 2. The minimum Gasteiger partial charge on any atom is -0.497 e. The summed E-state index contributed by atoms with van der Waals surface area (Å²) in [5.74, 6) is 1.32. The van der Waals surface area contributed by atoms with Crippen molar-refractivity contribution in [1.82, 2.24) is 9.21 Å². The van der Waals surface area contributed by atoms with Crippen molar-refractivity contribution in [3.05, 3.63) is 54.1 Å². The number of carbonyl (C=O) groups is 1. The van der Waals surface area contributed by atoms with E-state index in [0.717, 1.165) is 0 Å². The Hall–Kier alpha value is -2.42. The van der Waals surface area contributed by atoms with Gasteiger partial charge in [0, 0.05) is 31.7 Å². The molecule has 3 rings (SSSR count). The Morgan fingerprint density at radius 2 is 1.36 bits per heavy atom. The molecule has 0 bridgehead atoms. The van der Waals surface area contributed by atoms with E-state index < -0.39 is 10.0 Å². The number of benzene rings is 2. The maximum atomic E-state index is 12.8.